The summed E-state index contributed by atoms with van der Waals surface area (Å²) in [6, 6.07) is 6.50. The fourth-order valence-electron chi connectivity index (χ4n) is 2.92. The Kier molecular flexibility index (Phi) is 7.27. The molecule has 1 heterocycles. The zero-order valence-electron chi connectivity index (χ0n) is 19.0. The number of carboxylic acids is 1. The van der Waals surface area contributed by atoms with Crippen molar-refractivity contribution >= 4 is 37.0 Å². The number of para-hydroxylation sites is 1. The van der Waals surface area contributed by atoms with Crippen LogP contribution in [0.5, 0.6) is 0 Å². The normalized spacial score (nSPS) is 13.2. The highest BCUT2D eigenvalue weighted by molar-refractivity contribution is 6.74. The van der Waals surface area contributed by atoms with E-state index >= 15 is 0 Å². The quantitative estimate of drug-likeness (QED) is 0.567. The maximum Gasteiger partial charge on any atom is 0.323 e. The summed E-state index contributed by atoms with van der Waals surface area (Å²) in [5.74, 6) is -2.24. The number of carboxylic acid groups (broad SMARTS) is 1. The van der Waals surface area contributed by atoms with Crippen molar-refractivity contribution in [2.24, 2.45) is 5.73 Å². The van der Waals surface area contributed by atoms with Gasteiger partial charge in [0, 0.05) is 5.39 Å². The third-order valence-corrected chi connectivity index (χ3v) is 10.3. The van der Waals surface area contributed by atoms with Gasteiger partial charge in [-0.05, 0) is 31.1 Å². The fraction of sp³-hybridized carbons (Fsp3) is 0.524. The van der Waals surface area contributed by atoms with Gasteiger partial charge in [0.05, 0.1) is 18.2 Å². The molecule has 3 N–H and O–H groups in total. The molecule has 0 fully saturated rings. The van der Waals surface area contributed by atoms with Crippen molar-refractivity contribution < 1.29 is 23.9 Å². The van der Waals surface area contributed by atoms with E-state index in [4.69, 9.17) is 10.2 Å². The molecule has 10 heteroatoms. The van der Waals surface area contributed by atoms with E-state index in [-0.39, 0.29) is 23.9 Å². The maximum absolute atomic E-state index is 13.1. The number of nitrogens with two attached hydrogens (primary N) is 1. The summed E-state index contributed by atoms with van der Waals surface area (Å²) in [5, 5.41) is 14.1. The fourth-order valence-corrected chi connectivity index (χ4v) is 4.01. The summed E-state index contributed by atoms with van der Waals surface area (Å²) in [4.78, 5) is 37.5. The summed E-state index contributed by atoms with van der Waals surface area (Å²) in [6.45, 7) is 11.9. The van der Waals surface area contributed by atoms with E-state index in [1.807, 2.05) is 0 Å². The van der Waals surface area contributed by atoms with Crippen LogP contribution in [0.3, 0.4) is 0 Å². The van der Waals surface area contributed by atoms with Gasteiger partial charge in [0.15, 0.2) is 14.0 Å². The van der Waals surface area contributed by atoms with Gasteiger partial charge in [0.2, 0.25) is 5.91 Å². The number of benzene rings is 1. The summed E-state index contributed by atoms with van der Waals surface area (Å²) in [7, 11) is -2.06. The standard InChI is InChI=1S/C21H32N4O5Si/c1-14(13-30-31(5,6)21(2,3)4)24(12-18(27)28)17(26)11-25-16-10-8-7-9-15(16)19(23-25)20(22)29/h7-10,14H,11-13H2,1-6H3,(H2,22,29)(H,27,28). The average molecular weight is 449 g/mol. The molecule has 2 aromatic rings. The van der Waals surface area contributed by atoms with Crippen LogP contribution in [0.2, 0.25) is 18.1 Å². The molecule has 9 nitrogen and oxygen atoms in total. The van der Waals surface area contributed by atoms with Crippen molar-refractivity contribution in [2.75, 3.05) is 13.2 Å². The molecule has 1 aromatic heterocycles. The molecule has 0 saturated carbocycles. The van der Waals surface area contributed by atoms with Gasteiger partial charge in [-0.3, -0.25) is 19.1 Å². The van der Waals surface area contributed by atoms with E-state index in [0.29, 0.717) is 10.9 Å². The molecule has 2 amide bonds. The summed E-state index contributed by atoms with van der Waals surface area (Å²) >= 11 is 0. The lowest BCUT2D eigenvalue weighted by Crippen LogP contribution is -2.49. The topological polar surface area (TPSA) is 128 Å². The second-order valence-corrected chi connectivity index (χ2v) is 14.0. The number of aliphatic carboxylic acids is 1. The third-order valence-electron chi connectivity index (χ3n) is 5.83. The largest absolute Gasteiger partial charge is 0.480 e. The number of carbonyl (C=O) groups is 3. The van der Waals surface area contributed by atoms with Crippen LogP contribution >= 0.6 is 0 Å². The highest BCUT2D eigenvalue weighted by Gasteiger charge is 2.38. The van der Waals surface area contributed by atoms with Gasteiger partial charge < -0.3 is 20.2 Å². The first-order valence-corrected chi connectivity index (χ1v) is 13.1. The molecule has 0 radical (unpaired) electrons. The van der Waals surface area contributed by atoms with Crippen molar-refractivity contribution in [3.8, 4) is 0 Å². The van der Waals surface area contributed by atoms with Gasteiger partial charge in [-0.25, -0.2) is 0 Å². The third kappa shape index (κ3) is 5.70. The molecule has 0 aliphatic heterocycles. The first kappa shape index (κ1) is 24.5. The highest BCUT2D eigenvalue weighted by atomic mass is 28.4. The number of aromatic nitrogens is 2. The molecule has 170 valence electrons. The lowest BCUT2D eigenvalue weighted by atomic mass is 10.2. The Morgan fingerprint density at radius 1 is 1.26 bits per heavy atom. The molecule has 0 saturated heterocycles. The molecular formula is C21H32N4O5Si. The van der Waals surface area contributed by atoms with Crippen LogP contribution in [0, 0.1) is 0 Å². The number of hydrogen-bond acceptors (Lipinski definition) is 5. The van der Waals surface area contributed by atoms with E-state index in [9.17, 15) is 19.5 Å². The Balaban J connectivity index is 2.25. The molecule has 0 aliphatic carbocycles. The van der Waals surface area contributed by atoms with Crippen LogP contribution in [-0.4, -0.2) is 65.1 Å². The number of primary amides is 1. The van der Waals surface area contributed by atoms with E-state index in [1.54, 1.807) is 31.2 Å². The Morgan fingerprint density at radius 2 is 1.87 bits per heavy atom. The lowest BCUT2D eigenvalue weighted by Gasteiger charge is -2.38. The second-order valence-electron chi connectivity index (χ2n) is 9.22. The predicted molar refractivity (Wildman–Crippen MR) is 120 cm³/mol. The molecule has 0 aliphatic rings. The summed E-state index contributed by atoms with van der Waals surface area (Å²) in [6.07, 6.45) is 0. The van der Waals surface area contributed by atoms with E-state index in [0.717, 1.165) is 0 Å². The SMILES string of the molecule is CC(CO[Si](C)(C)C(C)(C)C)N(CC(=O)O)C(=O)Cn1nc(C(N)=O)c2ccccc21. The van der Waals surface area contributed by atoms with Crippen LogP contribution in [-0.2, 0) is 20.6 Å². The minimum Gasteiger partial charge on any atom is -0.480 e. The minimum absolute atomic E-state index is 0.00645. The van der Waals surface area contributed by atoms with Gasteiger partial charge in [0.1, 0.15) is 13.1 Å². The number of fused-ring (bicyclic) bond motifs is 1. The first-order valence-electron chi connectivity index (χ1n) is 10.1. The Bertz CT molecular complexity index is 980. The van der Waals surface area contributed by atoms with Crippen LogP contribution in [0.15, 0.2) is 24.3 Å². The Morgan fingerprint density at radius 3 is 2.42 bits per heavy atom. The zero-order chi connectivity index (χ0) is 23.6. The highest BCUT2D eigenvalue weighted by Crippen LogP contribution is 2.36. The van der Waals surface area contributed by atoms with E-state index in [1.165, 1.54) is 9.58 Å². The van der Waals surface area contributed by atoms with Gasteiger partial charge in [-0.15, -0.1) is 0 Å². The maximum atomic E-state index is 13.1. The average Bonchev–Trinajstić information content (AvgIpc) is 3.02. The number of carbonyl (C=O) groups excluding carboxylic acids is 2. The van der Waals surface area contributed by atoms with Gasteiger partial charge in [0.25, 0.3) is 5.91 Å². The van der Waals surface area contributed by atoms with Crippen molar-refractivity contribution in [2.45, 2.75) is 58.4 Å². The van der Waals surface area contributed by atoms with Crippen LogP contribution < -0.4 is 5.73 Å². The van der Waals surface area contributed by atoms with Crippen LogP contribution in [0.1, 0.15) is 38.2 Å². The zero-order valence-corrected chi connectivity index (χ0v) is 20.0. The smallest absolute Gasteiger partial charge is 0.323 e. The minimum atomic E-state index is -2.06. The number of amides is 2. The first-order chi connectivity index (χ1) is 14.2. The monoisotopic (exact) mass is 448 g/mol. The molecule has 0 spiro atoms. The predicted octanol–water partition coefficient (Wildman–Crippen LogP) is 2.46. The molecule has 1 aromatic carbocycles. The summed E-state index contributed by atoms with van der Waals surface area (Å²) in [5.41, 5.74) is 6.06. The van der Waals surface area contributed by atoms with Crippen LogP contribution in [0.4, 0.5) is 0 Å². The summed E-state index contributed by atoms with van der Waals surface area (Å²) < 4.78 is 7.58. The number of hydrogen-bond donors (Lipinski definition) is 2. The lowest BCUT2D eigenvalue weighted by molar-refractivity contribution is -0.146. The van der Waals surface area contributed by atoms with Gasteiger partial charge >= 0.3 is 5.97 Å². The van der Waals surface area contributed by atoms with Gasteiger partial charge in [-0.2, -0.15) is 5.10 Å². The number of nitrogens with zero attached hydrogens (tertiary/aromatic N) is 3. The Labute approximate surface area is 183 Å². The van der Waals surface area contributed by atoms with Crippen molar-refractivity contribution in [1.82, 2.24) is 14.7 Å². The van der Waals surface area contributed by atoms with Crippen LogP contribution in [0.25, 0.3) is 10.9 Å². The van der Waals surface area contributed by atoms with Crippen molar-refractivity contribution in [1.29, 1.82) is 0 Å². The molecule has 31 heavy (non-hydrogen) atoms. The van der Waals surface area contributed by atoms with E-state index in [2.05, 4.69) is 39.0 Å². The second kappa shape index (κ2) is 9.19. The molecular weight excluding hydrogens is 416 g/mol. The Hall–Kier alpha value is -2.72. The van der Waals surface area contributed by atoms with Crippen molar-refractivity contribution in [3.63, 3.8) is 0 Å². The molecule has 1 unspecified atom stereocenters. The molecule has 0 bridgehead atoms. The molecule has 2 rings (SSSR count). The van der Waals surface area contributed by atoms with Crippen molar-refractivity contribution in [3.05, 3.63) is 30.0 Å². The number of rotatable bonds is 9. The van der Waals surface area contributed by atoms with Gasteiger partial charge in [-0.1, -0.05) is 39.0 Å². The molecule has 1 atom stereocenters. The van der Waals surface area contributed by atoms with E-state index < -0.39 is 38.7 Å².